The van der Waals surface area contributed by atoms with Crippen molar-refractivity contribution < 1.29 is 0 Å². The van der Waals surface area contributed by atoms with Gasteiger partial charge in [0.25, 0.3) is 0 Å². The van der Waals surface area contributed by atoms with Crippen molar-refractivity contribution in [2.24, 2.45) is 5.92 Å². The molecule has 1 saturated heterocycles. The quantitative estimate of drug-likeness (QED) is 0.786. The molecule has 0 bridgehead atoms. The van der Waals surface area contributed by atoms with Crippen molar-refractivity contribution in [2.75, 3.05) is 13.1 Å². The number of piperidine rings is 1. The fourth-order valence-electron chi connectivity index (χ4n) is 2.57. The van der Waals surface area contributed by atoms with Gasteiger partial charge in [-0.1, -0.05) is 0 Å². The van der Waals surface area contributed by atoms with Crippen LogP contribution in [0.1, 0.15) is 39.3 Å². The van der Waals surface area contributed by atoms with Crippen LogP contribution in [0.25, 0.3) is 0 Å². The molecule has 0 spiro atoms. The van der Waals surface area contributed by atoms with E-state index in [-0.39, 0.29) is 0 Å². The van der Waals surface area contributed by atoms with E-state index >= 15 is 0 Å². The second-order valence-corrected chi connectivity index (χ2v) is 6.03. The van der Waals surface area contributed by atoms with Gasteiger partial charge in [0.1, 0.15) is 0 Å². The van der Waals surface area contributed by atoms with E-state index in [1.807, 2.05) is 6.20 Å². The zero-order chi connectivity index (χ0) is 12.3. The molecule has 1 aliphatic rings. The van der Waals surface area contributed by atoms with Gasteiger partial charge in [-0.3, -0.25) is 14.9 Å². The first-order valence-electron chi connectivity index (χ1n) is 6.55. The summed E-state index contributed by atoms with van der Waals surface area (Å²) < 4.78 is 0. The largest absolute Gasteiger partial charge is 0.298 e. The number of hydrogen-bond acceptors (Lipinski definition) is 3. The van der Waals surface area contributed by atoms with Crippen molar-refractivity contribution in [1.82, 2.24) is 14.9 Å². The van der Waals surface area contributed by atoms with Gasteiger partial charge in [0.05, 0.1) is 5.69 Å². The van der Waals surface area contributed by atoms with Crippen molar-refractivity contribution in [3.8, 4) is 0 Å². The number of hydrogen-bond donors (Lipinski definition) is 0. The normalized spacial score (nSPS) is 22.6. The maximum absolute atomic E-state index is 4.38. The zero-order valence-electron chi connectivity index (χ0n) is 11.2. The highest BCUT2D eigenvalue weighted by Crippen LogP contribution is 2.25. The van der Waals surface area contributed by atoms with Gasteiger partial charge in [0.2, 0.25) is 0 Å². The highest BCUT2D eigenvalue weighted by Gasteiger charge is 2.27. The number of aromatic nitrogens is 2. The van der Waals surface area contributed by atoms with Crippen LogP contribution in [0.15, 0.2) is 18.6 Å². The van der Waals surface area contributed by atoms with Gasteiger partial charge in [0, 0.05) is 30.7 Å². The fraction of sp³-hybridized carbons (Fsp3) is 0.714. The summed E-state index contributed by atoms with van der Waals surface area (Å²) in [5, 5.41) is 0. The van der Waals surface area contributed by atoms with E-state index in [1.54, 1.807) is 12.4 Å². The Balaban J connectivity index is 1.94. The fourth-order valence-corrected chi connectivity index (χ4v) is 2.57. The van der Waals surface area contributed by atoms with Gasteiger partial charge >= 0.3 is 0 Å². The van der Waals surface area contributed by atoms with Crippen LogP contribution < -0.4 is 0 Å². The molecule has 0 N–H and O–H groups in total. The topological polar surface area (TPSA) is 29.0 Å². The van der Waals surface area contributed by atoms with Crippen LogP contribution in [0.5, 0.6) is 0 Å². The predicted molar refractivity (Wildman–Crippen MR) is 69.8 cm³/mol. The molecule has 0 saturated carbocycles. The molecule has 1 unspecified atom stereocenters. The summed E-state index contributed by atoms with van der Waals surface area (Å²) in [6.07, 6.45) is 9.13. The Morgan fingerprint density at radius 2 is 2.18 bits per heavy atom. The van der Waals surface area contributed by atoms with Crippen LogP contribution in [0.4, 0.5) is 0 Å². The van der Waals surface area contributed by atoms with Crippen LogP contribution >= 0.6 is 0 Å². The molecule has 0 aliphatic carbocycles. The maximum Gasteiger partial charge on any atom is 0.0589 e. The molecule has 2 rings (SSSR count). The van der Waals surface area contributed by atoms with Crippen LogP contribution in [-0.4, -0.2) is 33.5 Å². The molecule has 2 heterocycles. The van der Waals surface area contributed by atoms with E-state index in [1.165, 1.54) is 25.9 Å². The molecule has 17 heavy (non-hydrogen) atoms. The summed E-state index contributed by atoms with van der Waals surface area (Å²) >= 11 is 0. The SMILES string of the molecule is CC(C)(C)N1CCCC(Cc2cnccn2)C1. The first-order valence-corrected chi connectivity index (χ1v) is 6.55. The van der Waals surface area contributed by atoms with Gasteiger partial charge in [-0.15, -0.1) is 0 Å². The van der Waals surface area contributed by atoms with Crippen molar-refractivity contribution >= 4 is 0 Å². The Hall–Kier alpha value is -0.960. The Labute approximate surface area is 104 Å². The standard InChI is InChI=1S/C14H23N3/c1-14(2,3)17-8-4-5-12(11-17)9-13-10-15-6-7-16-13/h6-7,10,12H,4-5,8-9,11H2,1-3H3. The van der Waals surface area contributed by atoms with E-state index in [9.17, 15) is 0 Å². The Morgan fingerprint density at radius 1 is 1.35 bits per heavy atom. The van der Waals surface area contributed by atoms with Crippen LogP contribution in [0, 0.1) is 5.92 Å². The third-order valence-electron chi connectivity index (χ3n) is 3.58. The first-order chi connectivity index (χ1) is 8.05. The minimum atomic E-state index is 0.293. The van der Waals surface area contributed by atoms with Gasteiger partial charge < -0.3 is 0 Å². The highest BCUT2D eigenvalue weighted by atomic mass is 15.2. The molecule has 1 fully saturated rings. The average molecular weight is 233 g/mol. The molecule has 94 valence electrons. The van der Waals surface area contributed by atoms with Crippen molar-refractivity contribution in [1.29, 1.82) is 0 Å². The van der Waals surface area contributed by atoms with Gasteiger partial charge in [0.15, 0.2) is 0 Å². The van der Waals surface area contributed by atoms with Crippen molar-refractivity contribution in [3.63, 3.8) is 0 Å². The van der Waals surface area contributed by atoms with Gasteiger partial charge in [-0.2, -0.15) is 0 Å². The number of rotatable bonds is 2. The number of nitrogens with zero attached hydrogens (tertiary/aromatic N) is 3. The van der Waals surface area contributed by atoms with Crippen molar-refractivity contribution in [3.05, 3.63) is 24.3 Å². The summed E-state index contributed by atoms with van der Waals surface area (Å²) in [5.41, 5.74) is 1.43. The molecule has 1 atom stereocenters. The third kappa shape index (κ3) is 3.50. The summed E-state index contributed by atoms with van der Waals surface area (Å²) in [6.45, 7) is 9.34. The second-order valence-electron chi connectivity index (χ2n) is 6.03. The maximum atomic E-state index is 4.38. The lowest BCUT2D eigenvalue weighted by molar-refractivity contribution is 0.0787. The highest BCUT2D eigenvalue weighted by molar-refractivity contribution is 4.97. The minimum absolute atomic E-state index is 0.293. The molecule has 1 aliphatic heterocycles. The molecular weight excluding hydrogens is 210 g/mol. The summed E-state index contributed by atoms with van der Waals surface area (Å²) in [6, 6.07) is 0. The zero-order valence-corrected chi connectivity index (χ0v) is 11.2. The first kappa shape index (κ1) is 12.5. The van der Waals surface area contributed by atoms with Crippen LogP contribution in [-0.2, 0) is 6.42 Å². The van der Waals surface area contributed by atoms with Gasteiger partial charge in [-0.05, 0) is 52.5 Å². The smallest absolute Gasteiger partial charge is 0.0589 e. The number of likely N-dealkylation sites (tertiary alicyclic amines) is 1. The van der Waals surface area contributed by atoms with Gasteiger partial charge in [-0.25, -0.2) is 0 Å². The van der Waals surface area contributed by atoms with E-state index in [4.69, 9.17) is 0 Å². The molecular formula is C14H23N3. The average Bonchev–Trinajstić information content (AvgIpc) is 2.29. The predicted octanol–water partition coefficient (Wildman–Crippen LogP) is 2.53. The van der Waals surface area contributed by atoms with E-state index in [0.717, 1.165) is 18.0 Å². The Bertz CT molecular complexity index is 342. The van der Waals surface area contributed by atoms with E-state index in [0.29, 0.717) is 5.54 Å². The molecule has 1 aromatic rings. The lowest BCUT2D eigenvalue weighted by Gasteiger charge is -2.41. The monoisotopic (exact) mass is 233 g/mol. The molecule has 0 radical (unpaired) electrons. The van der Waals surface area contributed by atoms with Crippen LogP contribution in [0.2, 0.25) is 0 Å². The molecule has 3 heteroatoms. The Kier molecular flexibility index (Phi) is 3.77. The van der Waals surface area contributed by atoms with Crippen LogP contribution in [0.3, 0.4) is 0 Å². The molecule has 3 nitrogen and oxygen atoms in total. The van der Waals surface area contributed by atoms with E-state index < -0.39 is 0 Å². The minimum Gasteiger partial charge on any atom is -0.298 e. The third-order valence-corrected chi connectivity index (χ3v) is 3.58. The second kappa shape index (κ2) is 5.13. The molecule has 0 aromatic carbocycles. The Morgan fingerprint density at radius 3 is 2.82 bits per heavy atom. The van der Waals surface area contributed by atoms with E-state index in [2.05, 4.69) is 35.6 Å². The summed E-state index contributed by atoms with van der Waals surface area (Å²) in [5.74, 6) is 0.736. The lowest BCUT2D eigenvalue weighted by Crippen LogP contribution is -2.47. The summed E-state index contributed by atoms with van der Waals surface area (Å²) in [7, 11) is 0. The summed E-state index contributed by atoms with van der Waals surface area (Å²) in [4.78, 5) is 11.1. The lowest BCUT2D eigenvalue weighted by atomic mass is 9.90. The molecule has 0 amide bonds. The molecule has 1 aromatic heterocycles. The van der Waals surface area contributed by atoms with Crippen molar-refractivity contribution in [2.45, 2.75) is 45.6 Å².